The van der Waals surface area contributed by atoms with E-state index in [1.54, 1.807) is 0 Å². The Bertz CT molecular complexity index is 273. The fourth-order valence-corrected chi connectivity index (χ4v) is 2.07. The van der Waals surface area contributed by atoms with Crippen molar-refractivity contribution >= 4 is 7.37 Å². The Morgan fingerprint density at radius 2 is 1.41 bits per heavy atom. The molecule has 0 aromatic heterocycles. The van der Waals surface area contributed by atoms with Crippen LogP contribution in [0.25, 0.3) is 0 Å². The normalized spacial score (nSPS) is 11.5. The second-order valence-corrected chi connectivity index (χ2v) is 6.90. The predicted octanol–water partition coefficient (Wildman–Crippen LogP) is 2.44. The fourth-order valence-electron chi connectivity index (χ4n) is 1.02. The Labute approximate surface area is 104 Å². The maximum absolute atomic E-state index is 11.7. The molecular weight excluding hydrogens is 239 g/mol. The Morgan fingerprint density at radius 3 is 1.71 bits per heavy atom. The second kappa shape index (κ2) is 8.65. The molecule has 0 saturated heterocycles. The first-order valence-corrected chi connectivity index (χ1v) is 7.61. The summed E-state index contributed by atoms with van der Waals surface area (Å²) in [5, 5.41) is 0. The van der Waals surface area contributed by atoms with Crippen LogP contribution in [0.3, 0.4) is 0 Å². The van der Waals surface area contributed by atoms with Crippen LogP contribution in [-0.4, -0.2) is 43.6 Å². The van der Waals surface area contributed by atoms with E-state index in [-0.39, 0.29) is 25.5 Å². The minimum atomic E-state index is -3.12. The molecule has 0 saturated carbocycles. The average molecular weight is 262 g/mol. The number of ether oxygens (including phenoxy) is 2. The van der Waals surface area contributed by atoms with Crippen LogP contribution in [0.1, 0.15) is 13.8 Å². The molecule has 0 aliphatic heterocycles. The van der Waals surface area contributed by atoms with Crippen LogP contribution >= 0.6 is 7.37 Å². The van der Waals surface area contributed by atoms with Crippen LogP contribution in [0, 0.1) is 0 Å². The van der Waals surface area contributed by atoms with Gasteiger partial charge in [0.25, 0.3) is 0 Å². The maximum Gasteiger partial charge on any atom is 0.205 e. The standard InChI is InChI=1S/C12H23O4P/c1-11(2)9-15-5-7-17(13,14)8-6-16-10-12(3)4/h1,3,5-10H2,2,4H3,(H,13,14). The maximum atomic E-state index is 11.7. The quantitative estimate of drug-likeness (QED) is 0.373. The van der Waals surface area contributed by atoms with Crippen LogP contribution in [-0.2, 0) is 14.0 Å². The molecule has 0 aromatic rings. The molecule has 0 rings (SSSR count). The van der Waals surface area contributed by atoms with Crippen molar-refractivity contribution in [2.24, 2.45) is 0 Å². The summed E-state index contributed by atoms with van der Waals surface area (Å²) in [6, 6.07) is 0. The third-order valence-corrected chi connectivity index (χ3v) is 3.63. The Balaban J connectivity index is 3.62. The van der Waals surface area contributed by atoms with Crippen molar-refractivity contribution < 1.29 is 18.9 Å². The molecule has 17 heavy (non-hydrogen) atoms. The zero-order valence-electron chi connectivity index (χ0n) is 10.8. The Morgan fingerprint density at radius 1 is 1.06 bits per heavy atom. The Kier molecular flexibility index (Phi) is 8.44. The summed E-state index contributed by atoms with van der Waals surface area (Å²) >= 11 is 0. The van der Waals surface area contributed by atoms with Crippen molar-refractivity contribution in [2.75, 3.05) is 38.8 Å². The smallest absolute Gasteiger partial charge is 0.205 e. The van der Waals surface area contributed by atoms with Crippen molar-refractivity contribution in [1.29, 1.82) is 0 Å². The zero-order valence-corrected chi connectivity index (χ0v) is 11.7. The van der Waals surface area contributed by atoms with Gasteiger partial charge in [-0.15, -0.1) is 0 Å². The van der Waals surface area contributed by atoms with E-state index in [2.05, 4.69) is 13.2 Å². The van der Waals surface area contributed by atoms with E-state index >= 15 is 0 Å². The molecule has 100 valence electrons. The first-order chi connectivity index (χ1) is 7.83. The summed E-state index contributed by atoms with van der Waals surface area (Å²) < 4.78 is 22.0. The van der Waals surface area contributed by atoms with Gasteiger partial charge in [0.2, 0.25) is 7.37 Å². The lowest BCUT2D eigenvalue weighted by Gasteiger charge is -2.12. The van der Waals surface area contributed by atoms with E-state index in [4.69, 9.17) is 9.47 Å². The molecule has 1 N–H and O–H groups in total. The largest absolute Gasteiger partial charge is 0.377 e. The van der Waals surface area contributed by atoms with E-state index in [1.807, 2.05) is 13.8 Å². The molecule has 0 radical (unpaired) electrons. The van der Waals surface area contributed by atoms with Crippen LogP contribution < -0.4 is 0 Å². The first-order valence-electron chi connectivity index (χ1n) is 5.58. The summed E-state index contributed by atoms with van der Waals surface area (Å²) in [4.78, 5) is 9.60. The molecule has 0 spiro atoms. The van der Waals surface area contributed by atoms with Crippen molar-refractivity contribution in [3.8, 4) is 0 Å². The molecule has 0 heterocycles. The van der Waals surface area contributed by atoms with E-state index in [0.717, 1.165) is 11.1 Å². The lowest BCUT2D eigenvalue weighted by Crippen LogP contribution is -2.08. The van der Waals surface area contributed by atoms with Gasteiger partial charge in [0.05, 0.1) is 26.4 Å². The van der Waals surface area contributed by atoms with Gasteiger partial charge >= 0.3 is 0 Å². The van der Waals surface area contributed by atoms with Crippen molar-refractivity contribution in [3.05, 3.63) is 24.3 Å². The van der Waals surface area contributed by atoms with Crippen molar-refractivity contribution in [3.63, 3.8) is 0 Å². The van der Waals surface area contributed by atoms with E-state index in [9.17, 15) is 9.46 Å². The summed E-state index contributed by atoms with van der Waals surface area (Å²) in [5.41, 5.74) is 1.81. The Hall–Kier alpha value is -0.410. The van der Waals surface area contributed by atoms with Crippen molar-refractivity contribution in [1.82, 2.24) is 0 Å². The molecule has 0 atom stereocenters. The lowest BCUT2D eigenvalue weighted by molar-refractivity contribution is 0.165. The van der Waals surface area contributed by atoms with Crippen LogP contribution in [0.15, 0.2) is 24.3 Å². The summed E-state index contributed by atoms with van der Waals surface area (Å²) in [6.45, 7) is 12.5. The van der Waals surface area contributed by atoms with Gasteiger partial charge in [-0.05, 0) is 13.8 Å². The topological polar surface area (TPSA) is 55.8 Å². The summed E-state index contributed by atoms with van der Waals surface area (Å²) in [7, 11) is -3.12. The molecule has 0 bridgehead atoms. The minimum Gasteiger partial charge on any atom is -0.377 e. The zero-order chi connectivity index (χ0) is 13.3. The highest BCUT2D eigenvalue weighted by atomic mass is 31.2. The third-order valence-electron chi connectivity index (χ3n) is 1.87. The highest BCUT2D eigenvalue weighted by Gasteiger charge is 2.17. The monoisotopic (exact) mass is 262 g/mol. The van der Waals surface area contributed by atoms with E-state index in [0.29, 0.717) is 13.2 Å². The molecule has 0 aliphatic rings. The SMILES string of the molecule is C=C(C)COCCP(=O)(O)CCOCC(=C)C. The van der Waals surface area contributed by atoms with Gasteiger partial charge in [0, 0.05) is 12.3 Å². The summed E-state index contributed by atoms with van der Waals surface area (Å²) in [6.07, 6.45) is 0.327. The molecule has 0 unspecified atom stereocenters. The van der Waals surface area contributed by atoms with Gasteiger partial charge < -0.3 is 14.4 Å². The first kappa shape index (κ1) is 16.6. The number of rotatable bonds is 10. The highest BCUT2D eigenvalue weighted by molar-refractivity contribution is 7.58. The molecule has 0 aromatic carbocycles. The fraction of sp³-hybridized carbons (Fsp3) is 0.667. The molecule has 5 heteroatoms. The van der Waals surface area contributed by atoms with Gasteiger partial charge in [0.1, 0.15) is 0 Å². The van der Waals surface area contributed by atoms with Crippen LogP contribution in [0.2, 0.25) is 0 Å². The molecule has 0 fully saturated rings. The predicted molar refractivity (Wildman–Crippen MR) is 70.8 cm³/mol. The molecule has 0 amide bonds. The molecular formula is C12H23O4P. The highest BCUT2D eigenvalue weighted by Crippen LogP contribution is 2.39. The third kappa shape index (κ3) is 11.8. The average Bonchev–Trinajstić information content (AvgIpc) is 2.19. The van der Waals surface area contributed by atoms with Gasteiger partial charge in [-0.1, -0.05) is 24.3 Å². The van der Waals surface area contributed by atoms with Gasteiger partial charge in [-0.3, -0.25) is 4.57 Å². The van der Waals surface area contributed by atoms with Crippen LogP contribution in [0.5, 0.6) is 0 Å². The second-order valence-electron chi connectivity index (χ2n) is 4.31. The van der Waals surface area contributed by atoms with Gasteiger partial charge in [-0.25, -0.2) is 0 Å². The molecule has 4 nitrogen and oxygen atoms in total. The van der Waals surface area contributed by atoms with E-state index in [1.165, 1.54) is 0 Å². The van der Waals surface area contributed by atoms with Crippen molar-refractivity contribution in [2.45, 2.75) is 13.8 Å². The number of hydrogen-bond donors (Lipinski definition) is 1. The minimum absolute atomic E-state index is 0.163. The molecule has 0 aliphatic carbocycles. The van der Waals surface area contributed by atoms with E-state index < -0.39 is 7.37 Å². The van der Waals surface area contributed by atoms with Gasteiger partial charge in [0.15, 0.2) is 0 Å². The van der Waals surface area contributed by atoms with Crippen LogP contribution in [0.4, 0.5) is 0 Å². The summed E-state index contributed by atoms with van der Waals surface area (Å²) in [5.74, 6) is 0. The van der Waals surface area contributed by atoms with Gasteiger partial charge in [-0.2, -0.15) is 0 Å². The lowest BCUT2D eigenvalue weighted by atomic mass is 10.4. The number of hydrogen-bond acceptors (Lipinski definition) is 3.